The first-order valence-electron chi connectivity index (χ1n) is 15.2. The molecule has 1 aromatic carbocycles. The summed E-state index contributed by atoms with van der Waals surface area (Å²) in [4.78, 5) is 45.8. The number of hydrogen-bond acceptors (Lipinski definition) is 6. The van der Waals surface area contributed by atoms with Gasteiger partial charge in [0.2, 0.25) is 17.7 Å². The Labute approximate surface area is 238 Å². The van der Waals surface area contributed by atoms with E-state index in [0.29, 0.717) is 45.0 Å². The second-order valence-electron chi connectivity index (χ2n) is 12.3. The van der Waals surface area contributed by atoms with E-state index in [1.807, 2.05) is 49.1 Å². The lowest BCUT2D eigenvalue weighted by molar-refractivity contribution is -0.156. The van der Waals surface area contributed by atoms with Gasteiger partial charge in [0.1, 0.15) is 6.04 Å². The highest BCUT2D eigenvalue weighted by atomic mass is 16.5. The van der Waals surface area contributed by atoms with Gasteiger partial charge in [-0.15, -0.1) is 0 Å². The molecule has 0 saturated carbocycles. The number of rotatable bonds is 8. The number of benzene rings is 1. The molecule has 5 fully saturated rings. The summed E-state index contributed by atoms with van der Waals surface area (Å²) >= 11 is 0. The van der Waals surface area contributed by atoms with E-state index in [9.17, 15) is 14.4 Å². The summed E-state index contributed by atoms with van der Waals surface area (Å²) in [7, 11) is 1.59. The standard InChI is InChI=1S/C31H46N4O5/c1-4-23-24(5-2)30(38)35-19-31(20-35)18-34(15-21-11-13-39-14-12-21)16-25(31)28(36)33-26(29(37)32-3)27(23)40-17-22-9-7-6-8-10-22/h6-10,21,23-27H,4-5,11-20H2,1-3H3,(H,32,37)(H,33,36)/t23?,24-,25+,26+,27-/m1/s1. The smallest absolute Gasteiger partial charge is 0.245 e. The summed E-state index contributed by atoms with van der Waals surface area (Å²) in [6.07, 6.45) is 2.76. The number of hydrogen-bond donors (Lipinski definition) is 2. The number of nitrogens with one attached hydrogen (secondary N) is 2. The lowest BCUT2D eigenvalue weighted by Gasteiger charge is -2.51. The van der Waals surface area contributed by atoms with Gasteiger partial charge in [0.25, 0.3) is 0 Å². The Balaban J connectivity index is 1.45. The van der Waals surface area contributed by atoms with E-state index < -0.39 is 12.1 Å². The fourth-order valence-electron chi connectivity index (χ4n) is 7.64. The van der Waals surface area contributed by atoms with Gasteiger partial charge in [0.05, 0.1) is 18.6 Å². The van der Waals surface area contributed by atoms with Crippen LogP contribution in [0.15, 0.2) is 30.3 Å². The first-order chi connectivity index (χ1) is 19.4. The van der Waals surface area contributed by atoms with Crippen LogP contribution in [0.3, 0.4) is 0 Å². The second-order valence-corrected chi connectivity index (χ2v) is 12.3. The molecule has 0 aliphatic carbocycles. The predicted octanol–water partition coefficient (Wildman–Crippen LogP) is 2.06. The Bertz CT molecular complexity index is 1040. The van der Waals surface area contributed by atoms with Gasteiger partial charge in [-0.25, -0.2) is 0 Å². The minimum atomic E-state index is -0.889. The van der Waals surface area contributed by atoms with Crippen molar-refractivity contribution >= 4 is 17.7 Å². The predicted molar refractivity (Wildman–Crippen MR) is 151 cm³/mol. The summed E-state index contributed by atoms with van der Waals surface area (Å²) in [5, 5.41) is 5.93. The Hall–Kier alpha value is -2.49. The molecule has 1 unspecified atom stereocenters. The van der Waals surface area contributed by atoms with Crippen LogP contribution in [0.4, 0.5) is 0 Å². The van der Waals surface area contributed by atoms with Crippen molar-refractivity contribution in [2.45, 2.75) is 58.3 Å². The van der Waals surface area contributed by atoms with Crippen LogP contribution in [0, 0.1) is 29.1 Å². The monoisotopic (exact) mass is 554 g/mol. The SMILES string of the molecule is CCC1[C@@H](OCc2ccccc2)[C@@H](C(=O)NC)NC(=O)[C@@H]2CN(CC3CCOCC3)CC23CN(C3)C(=O)[C@@H]1CC. The molecule has 5 atom stereocenters. The van der Waals surface area contributed by atoms with Crippen molar-refractivity contribution in [3.63, 3.8) is 0 Å². The van der Waals surface area contributed by atoms with E-state index in [1.54, 1.807) is 7.05 Å². The third-order valence-electron chi connectivity index (χ3n) is 9.82. The third kappa shape index (κ3) is 5.78. The van der Waals surface area contributed by atoms with Crippen LogP contribution < -0.4 is 10.6 Å². The van der Waals surface area contributed by atoms with Crippen LogP contribution in [0.5, 0.6) is 0 Å². The van der Waals surface area contributed by atoms with E-state index in [0.717, 1.165) is 44.7 Å². The van der Waals surface area contributed by atoms with Gasteiger partial charge in [-0.2, -0.15) is 0 Å². The normalized spacial score (nSPS) is 33.5. The molecule has 5 heterocycles. The van der Waals surface area contributed by atoms with Crippen molar-refractivity contribution in [1.82, 2.24) is 20.4 Å². The van der Waals surface area contributed by atoms with Gasteiger partial charge >= 0.3 is 0 Å². The van der Waals surface area contributed by atoms with Crippen molar-refractivity contribution in [2.75, 3.05) is 53.0 Å². The number of fused-ring (bicyclic) bond motifs is 6. The number of nitrogens with zero attached hydrogens (tertiary/aromatic N) is 2. The van der Waals surface area contributed by atoms with Crippen LogP contribution in [0.25, 0.3) is 0 Å². The number of likely N-dealkylation sites (tertiary alicyclic amines) is 1. The number of amides is 3. The minimum absolute atomic E-state index is 0.103. The van der Waals surface area contributed by atoms with Crippen LogP contribution in [-0.4, -0.2) is 92.7 Å². The van der Waals surface area contributed by atoms with Crippen molar-refractivity contribution in [3.8, 4) is 0 Å². The second kappa shape index (κ2) is 12.6. The number of carbonyl (C=O) groups is 3. The summed E-state index contributed by atoms with van der Waals surface area (Å²) in [5.74, 6) is -0.491. The van der Waals surface area contributed by atoms with Crippen LogP contribution in [0.2, 0.25) is 0 Å². The van der Waals surface area contributed by atoms with Crippen LogP contribution in [-0.2, 0) is 30.5 Å². The van der Waals surface area contributed by atoms with Gasteiger partial charge < -0.3 is 29.9 Å². The maximum absolute atomic E-state index is 14.1. The molecule has 5 aliphatic rings. The molecule has 6 rings (SSSR count). The van der Waals surface area contributed by atoms with E-state index in [4.69, 9.17) is 9.47 Å². The fraction of sp³-hybridized carbons (Fsp3) is 0.710. The van der Waals surface area contributed by atoms with E-state index in [1.165, 1.54) is 0 Å². The highest BCUT2D eigenvalue weighted by Gasteiger charge is 2.60. The summed E-state index contributed by atoms with van der Waals surface area (Å²) in [5.41, 5.74) is 0.709. The lowest BCUT2D eigenvalue weighted by atomic mass is 9.70. The summed E-state index contributed by atoms with van der Waals surface area (Å²) in [6.45, 7) is 9.57. The molecule has 3 amide bonds. The number of carbonyl (C=O) groups excluding carboxylic acids is 3. The Morgan fingerprint density at radius 1 is 1.10 bits per heavy atom. The van der Waals surface area contributed by atoms with Crippen molar-refractivity contribution in [2.24, 2.45) is 29.1 Å². The molecule has 0 radical (unpaired) electrons. The van der Waals surface area contributed by atoms with Gasteiger partial charge in [0, 0.05) is 64.3 Å². The minimum Gasteiger partial charge on any atom is -0.381 e. The quantitative estimate of drug-likeness (QED) is 0.510. The average Bonchev–Trinajstić information content (AvgIpc) is 3.34. The molecule has 0 aromatic heterocycles. The largest absolute Gasteiger partial charge is 0.381 e. The van der Waals surface area contributed by atoms with Crippen molar-refractivity contribution in [1.29, 1.82) is 0 Å². The molecular weight excluding hydrogens is 508 g/mol. The average molecular weight is 555 g/mol. The van der Waals surface area contributed by atoms with Gasteiger partial charge in [-0.1, -0.05) is 44.2 Å². The zero-order valence-electron chi connectivity index (χ0n) is 24.3. The zero-order chi connectivity index (χ0) is 28.3. The maximum Gasteiger partial charge on any atom is 0.245 e. The molecule has 220 valence electrons. The molecule has 9 heteroatoms. The van der Waals surface area contributed by atoms with Crippen LogP contribution in [0.1, 0.15) is 45.1 Å². The molecule has 9 nitrogen and oxygen atoms in total. The van der Waals surface area contributed by atoms with Gasteiger partial charge in [-0.3, -0.25) is 14.4 Å². The van der Waals surface area contributed by atoms with Gasteiger partial charge in [0.15, 0.2) is 0 Å². The topological polar surface area (TPSA) is 100 Å². The van der Waals surface area contributed by atoms with Crippen LogP contribution >= 0.6 is 0 Å². The molecule has 2 N–H and O–H groups in total. The number of ether oxygens (including phenoxy) is 2. The molecule has 2 bridgehead atoms. The zero-order valence-corrected chi connectivity index (χ0v) is 24.3. The molecule has 5 aliphatic heterocycles. The highest BCUT2D eigenvalue weighted by molar-refractivity contribution is 5.90. The highest BCUT2D eigenvalue weighted by Crippen LogP contribution is 2.46. The molecule has 1 aromatic rings. The first-order valence-corrected chi connectivity index (χ1v) is 15.2. The maximum atomic E-state index is 14.1. The Kier molecular flexibility index (Phi) is 9.12. The Morgan fingerprint density at radius 2 is 1.82 bits per heavy atom. The fourth-order valence-corrected chi connectivity index (χ4v) is 7.64. The number of likely N-dealkylation sites (N-methyl/N-ethyl adjacent to an activating group) is 1. The molecular formula is C31H46N4O5. The molecule has 5 saturated heterocycles. The Morgan fingerprint density at radius 3 is 2.48 bits per heavy atom. The third-order valence-corrected chi connectivity index (χ3v) is 9.82. The first kappa shape index (κ1) is 29.0. The van der Waals surface area contributed by atoms with Crippen molar-refractivity contribution < 1.29 is 23.9 Å². The van der Waals surface area contributed by atoms with Gasteiger partial charge in [-0.05, 0) is 43.1 Å². The van der Waals surface area contributed by atoms with E-state index in [-0.39, 0.29) is 40.9 Å². The van der Waals surface area contributed by atoms with Crippen molar-refractivity contribution in [3.05, 3.63) is 35.9 Å². The lowest BCUT2D eigenvalue weighted by Crippen LogP contribution is -2.65. The molecule has 1 spiro atoms. The summed E-state index contributed by atoms with van der Waals surface area (Å²) in [6, 6.07) is 8.94. The van der Waals surface area contributed by atoms with E-state index in [2.05, 4.69) is 15.5 Å². The molecule has 40 heavy (non-hydrogen) atoms. The van der Waals surface area contributed by atoms with E-state index >= 15 is 0 Å². The summed E-state index contributed by atoms with van der Waals surface area (Å²) < 4.78 is 12.1.